The molecule has 0 amide bonds. The van der Waals surface area contributed by atoms with Crippen LogP contribution in [0, 0.1) is 6.92 Å². The van der Waals surface area contributed by atoms with Crippen molar-refractivity contribution in [2.24, 2.45) is 0 Å². The van der Waals surface area contributed by atoms with Crippen LogP contribution in [-0.2, 0) is 19.5 Å². The second-order valence-corrected chi connectivity index (χ2v) is 6.62. The number of methoxy groups -OCH3 is 2. The van der Waals surface area contributed by atoms with E-state index in [4.69, 9.17) is 14.5 Å². The Bertz CT molecular complexity index is 957. The number of benzene rings is 1. The number of rotatable bonds is 5. The van der Waals surface area contributed by atoms with Crippen molar-refractivity contribution in [3.8, 4) is 11.5 Å². The molecule has 0 radical (unpaired) electrons. The quantitative estimate of drug-likeness (QED) is 0.694. The van der Waals surface area contributed by atoms with E-state index in [0.717, 1.165) is 52.2 Å². The minimum atomic E-state index is 0.698. The van der Waals surface area contributed by atoms with E-state index in [1.807, 2.05) is 49.5 Å². The Morgan fingerprint density at radius 2 is 1.78 bits per heavy atom. The highest BCUT2D eigenvalue weighted by molar-refractivity contribution is 5.55. The lowest BCUT2D eigenvalue weighted by atomic mass is 10.1. The van der Waals surface area contributed by atoms with Crippen molar-refractivity contribution in [2.45, 2.75) is 26.4 Å². The number of pyridine rings is 1. The standard InChI is InChI=1S/C21H22N4O2/c1-14-4-9-19(27-3)21(23-14)25-12-16-11-22-20(24-18(16)13-25)10-15-5-7-17(26-2)8-6-15/h4-9,11H,10,12-13H2,1-3H3. The molecule has 3 heterocycles. The Balaban J connectivity index is 1.54. The maximum atomic E-state index is 5.48. The monoisotopic (exact) mass is 362 g/mol. The summed E-state index contributed by atoms with van der Waals surface area (Å²) < 4.78 is 10.7. The first-order valence-corrected chi connectivity index (χ1v) is 8.89. The summed E-state index contributed by atoms with van der Waals surface area (Å²) in [7, 11) is 3.34. The Morgan fingerprint density at radius 3 is 2.52 bits per heavy atom. The average molecular weight is 362 g/mol. The number of nitrogens with zero attached hydrogens (tertiary/aromatic N) is 4. The van der Waals surface area contributed by atoms with Gasteiger partial charge in [-0.1, -0.05) is 12.1 Å². The van der Waals surface area contributed by atoms with Crippen LogP contribution in [0.15, 0.2) is 42.6 Å². The molecule has 0 atom stereocenters. The predicted molar refractivity (Wildman–Crippen MR) is 103 cm³/mol. The summed E-state index contributed by atoms with van der Waals surface area (Å²) in [6.07, 6.45) is 2.63. The molecule has 0 aliphatic carbocycles. The van der Waals surface area contributed by atoms with Crippen LogP contribution in [0.4, 0.5) is 5.82 Å². The molecule has 1 aliphatic heterocycles. The van der Waals surface area contributed by atoms with Crippen molar-refractivity contribution in [3.05, 3.63) is 70.9 Å². The molecular formula is C21H22N4O2. The summed E-state index contributed by atoms with van der Waals surface area (Å²) in [4.78, 5) is 16.2. The largest absolute Gasteiger partial charge is 0.497 e. The van der Waals surface area contributed by atoms with Crippen molar-refractivity contribution in [2.75, 3.05) is 19.1 Å². The molecule has 2 aromatic heterocycles. The molecule has 0 N–H and O–H groups in total. The zero-order chi connectivity index (χ0) is 18.8. The van der Waals surface area contributed by atoms with Gasteiger partial charge in [0.2, 0.25) is 0 Å². The summed E-state index contributed by atoms with van der Waals surface area (Å²) in [6.45, 7) is 3.43. The minimum Gasteiger partial charge on any atom is -0.497 e. The van der Waals surface area contributed by atoms with Crippen LogP contribution >= 0.6 is 0 Å². The van der Waals surface area contributed by atoms with Crippen LogP contribution in [0.5, 0.6) is 11.5 Å². The molecule has 6 heteroatoms. The van der Waals surface area contributed by atoms with Crippen molar-refractivity contribution in [3.63, 3.8) is 0 Å². The van der Waals surface area contributed by atoms with E-state index in [9.17, 15) is 0 Å². The van der Waals surface area contributed by atoms with Crippen LogP contribution < -0.4 is 14.4 Å². The summed E-state index contributed by atoms with van der Waals surface area (Å²) in [5.74, 6) is 3.31. The first-order valence-electron chi connectivity index (χ1n) is 8.89. The fourth-order valence-corrected chi connectivity index (χ4v) is 3.27. The van der Waals surface area contributed by atoms with Gasteiger partial charge < -0.3 is 14.4 Å². The molecule has 0 saturated heterocycles. The summed E-state index contributed by atoms with van der Waals surface area (Å²) in [5.41, 5.74) is 4.32. The number of fused-ring (bicyclic) bond motifs is 1. The average Bonchev–Trinajstić information content (AvgIpc) is 3.12. The Kier molecular flexibility index (Phi) is 4.62. The van der Waals surface area contributed by atoms with Crippen LogP contribution in [-0.4, -0.2) is 29.2 Å². The second kappa shape index (κ2) is 7.23. The lowest BCUT2D eigenvalue weighted by molar-refractivity contribution is 0.412. The molecule has 1 aromatic carbocycles. The lowest BCUT2D eigenvalue weighted by Crippen LogP contribution is -2.17. The van der Waals surface area contributed by atoms with Gasteiger partial charge in [-0.15, -0.1) is 0 Å². The molecular weight excluding hydrogens is 340 g/mol. The highest BCUT2D eigenvalue weighted by Gasteiger charge is 2.25. The van der Waals surface area contributed by atoms with E-state index in [1.165, 1.54) is 0 Å². The first-order chi connectivity index (χ1) is 13.2. The van der Waals surface area contributed by atoms with Gasteiger partial charge in [-0.2, -0.15) is 0 Å². The third-order valence-corrected chi connectivity index (χ3v) is 4.73. The molecule has 0 unspecified atom stereocenters. The van der Waals surface area contributed by atoms with Crippen LogP contribution in [0.2, 0.25) is 0 Å². The lowest BCUT2D eigenvalue weighted by Gasteiger charge is -2.19. The molecule has 0 spiro atoms. The molecule has 0 bridgehead atoms. The fraction of sp³-hybridized carbons (Fsp3) is 0.286. The third kappa shape index (κ3) is 3.56. The number of ether oxygens (including phenoxy) is 2. The number of aryl methyl sites for hydroxylation is 1. The van der Waals surface area contributed by atoms with Gasteiger partial charge in [-0.25, -0.2) is 15.0 Å². The minimum absolute atomic E-state index is 0.698. The molecule has 138 valence electrons. The molecule has 0 fully saturated rings. The van der Waals surface area contributed by atoms with Gasteiger partial charge in [0.15, 0.2) is 11.6 Å². The van der Waals surface area contributed by atoms with E-state index in [0.29, 0.717) is 13.0 Å². The highest BCUT2D eigenvalue weighted by atomic mass is 16.5. The van der Waals surface area contributed by atoms with Gasteiger partial charge in [0.05, 0.1) is 26.5 Å². The molecule has 1 aliphatic rings. The summed E-state index contributed by atoms with van der Waals surface area (Å²) >= 11 is 0. The van der Waals surface area contributed by atoms with Crippen LogP contribution in [0.25, 0.3) is 0 Å². The van der Waals surface area contributed by atoms with E-state index in [1.54, 1.807) is 14.2 Å². The van der Waals surface area contributed by atoms with Crippen LogP contribution in [0.3, 0.4) is 0 Å². The zero-order valence-electron chi connectivity index (χ0n) is 15.8. The van der Waals surface area contributed by atoms with Crippen LogP contribution in [0.1, 0.15) is 28.3 Å². The zero-order valence-corrected chi connectivity index (χ0v) is 15.8. The topological polar surface area (TPSA) is 60.4 Å². The van der Waals surface area contributed by atoms with Gasteiger partial charge >= 0.3 is 0 Å². The van der Waals surface area contributed by atoms with Gasteiger partial charge in [0.1, 0.15) is 11.6 Å². The Labute approximate surface area is 158 Å². The highest BCUT2D eigenvalue weighted by Crippen LogP contribution is 2.32. The SMILES string of the molecule is COc1ccc(Cc2ncc3c(n2)CN(c2nc(C)ccc2OC)C3)cc1. The fourth-order valence-electron chi connectivity index (χ4n) is 3.27. The predicted octanol–water partition coefficient (Wildman–Crippen LogP) is 3.31. The van der Waals surface area contributed by atoms with Gasteiger partial charge in [0, 0.05) is 30.4 Å². The van der Waals surface area contributed by atoms with E-state index < -0.39 is 0 Å². The van der Waals surface area contributed by atoms with E-state index >= 15 is 0 Å². The van der Waals surface area contributed by atoms with Gasteiger partial charge in [0.25, 0.3) is 0 Å². The normalized spacial score (nSPS) is 12.8. The van der Waals surface area contributed by atoms with Crippen molar-refractivity contribution >= 4 is 5.82 Å². The number of anilines is 1. The number of hydrogen-bond donors (Lipinski definition) is 0. The Morgan fingerprint density at radius 1 is 0.963 bits per heavy atom. The van der Waals surface area contributed by atoms with Gasteiger partial charge in [-0.05, 0) is 36.8 Å². The molecule has 6 nitrogen and oxygen atoms in total. The van der Waals surface area contributed by atoms with Gasteiger partial charge in [-0.3, -0.25) is 0 Å². The second-order valence-electron chi connectivity index (χ2n) is 6.62. The smallest absolute Gasteiger partial charge is 0.172 e. The maximum Gasteiger partial charge on any atom is 0.172 e. The first kappa shape index (κ1) is 17.3. The van der Waals surface area contributed by atoms with E-state index in [-0.39, 0.29) is 0 Å². The summed E-state index contributed by atoms with van der Waals surface area (Å²) in [6, 6.07) is 11.9. The maximum absolute atomic E-state index is 5.48. The van der Waals surface area contributed by atoms with Crippen molar-refractivity contribution in [1.29, 1.82) is 0 Å². The van der Waals surface area contributed by atoms with Crippen molar-refractivity contribution in [1.82, 2.24) is 15.0 Å². The molecule has 27 heavy (non-hydrogen) atoms. The third-order valence-electron chi connectivity index (χ3n) is 4.73. The van der Waals surface area contributed by atoms with E-state index in [2.05, 4.69) is 14.9 Å². The molecule has 4 rings (SSSR count). The number of aromatic nitrogens is 3. The number of hydrogen-bond acceptors (Lipinski definition) is 6. The summed E-state index contributed by atoms with van der Waals surface area (Å²) in [5, 5.41) is 0. The molecule has 3 aromatic rings. The molecule has 0 saturated carbocycles. The van der Waals surface area contributed by atoms with Crippen molar-refractivity contribution < 1.29 is 9.47 Å². The Hall–Kier alpha value is -3.15.